The normalized spacial score (nSPS) is 12.9. The summed E-state index contributed by atoms with van der Waals surface area (Å²) >= 11 is 0. The van der Waals surface area contributed by atoms with Gasteiger partial charge in [-0.05, 0) is 30.5 Å². The topological polar surface area (TPSA) is 62.2 Å². The smallest absolute Gasteiger partial charge is 0.244 e. The van der Waals surface area contributed by atoms with Gasteiger partial charge in [0.05, 0.1) is 18.3 Å². The van der Waals surface area contributed by atoms with E-state index in [1.54, 1.807) is 12.3 Å². The monoisotopic (exact) mass is 248 g/mol. The molecule has 2 N–H and O–H groups in total. The second-order valence-corrected chi connectivity index (χ2v) is 4.61. The van der Waals surface area contributed by atoms with E-state index in [1.165, 1.54) is 6.08 Å². The van der Waals surface area contributed by atoms with Gasteiger partial charge in [0.2, 0.25) is 5.91 Å². The van der Waals surface area contributed by atoms with Gasteiger partial charge >= 0.3 is 0 Å². The van der Waals surface area contributed by atoms with Gasteiger partial charge in [0.15, 0.2) is 0 Å². The van der Waals surface area contributed by atoms with Crippen LogP contribution >= 0.6 is 0 Å². The van der Waals surface area contributed by atoms with Crippen molar-refractivity contribution in [2.45, 2.75) is 26.3 Å². The molecule has 0 aliphatic rings. The maximum Gasteiger partial charge on any atom is 0.244 e. The van der Waals surface area contributed by atoms with Crippen molar-refractivity contribution in [1.29, 1.82) is 0 Å². The Hall–Kier alpha value is -1.68. The van der Waals surface area contributed by atoms with Gasteiger partial charge in [-0.1, -0.05) is 19.9 Å². The fourth-order valence-corrected chi connectivity index (χ4v) is 1.63. The summed E-state index contributed by atoms with van der Waals surface area (Å²) in [6.45, 7) is 4.07. The summed E-state index contributed by atoms with van der Waals surface area (Å²) in [6.07, 6.45) is 5.52. The Morgan fingerprint density at radius 1 is 1.50 bits per heavy atom. The second kappa shape index (κ2) is 7.61. The molecule has 0 spiro atoms. The molecule has 4 heteroatoms. The molecule has 0 aromatic carbocycles. The molecule has 1 aromatic heterocycles. The first kappa shape index (κ1) is 14.4. The van der Waals surface area contributed by atoms with Crippen LogP contribution in [0.4, 0.5) is 0 Å². The Balaban J connectivity index is 2.48. The molecule has 0 aliphatic heterocycles. The third-order valence-electron chi connectivity index (χ3n) is 2.42. The summed E-state index contributed by atoms with van der Waals surface area (Å²) < 4.78 is 0. The molecule has 0 saturated carbocycles. The van der Waals surface area contributed by atoms with Crippen LogP contribution in [0.2, 0.25) is 0 Å². The number of nitrogens with zero attached hydrogens (tertiary/aromatic N) is 1. The lowest BCUT2D eigenvalue weighted by Gasteiger charge is -2.16. The maximum atomic E-state index is 11.6. The van der Waals surface area contributed by atoms with Crippen molar-refractivity contribution >= 4 is 12.0 Å². The number of hydrogen-bond acceptors (Lipinski definition) is 3. The van der Waals surface area contributed by atoms with Crippen molar-refractivity contribution in [3.63, 3.8) is 0 Å². The lowest BCUT2D eigenvalue weighted by molar-refractivity contribution is -0.117. The van der Waals surface area contributed by atoms with E-state index < -0.39 is 0 Å². The number of amides is 1. The van der Waals surface area contributed by atoms with Crippen LogP contribution < -0.4 is 5.32 Å². The Bertz CT molecular complexity index is 388. The van der Waals surface area contributed by atoms with Crippen molar-refractivity contribution in [3.05, 3.63) is 36.2 Å². The fourth-order valence-electron chi connectivity index (χ4n) is 1.63. The molecule has 1 atom stereocenters. The van der Waals surface area contributed by atoms with Crippen LogP contribution in [-0.2, 0) is 4.79 Å². The zero-order valence-electron chi connectivity index (χ0n) is 10.8. The molecule has 1 heterocycles. The molecule has 0 saturated heterocycles. The van der Waals surface area contributed by atoms with Crippen molar-refractivity contribution in [3.8, 4) is 0 Å². The van der Waals surface area contributed by atoms with E-state index in [4.69, 9.17) is 5.11 Å². The SMILES string of the molecule is CC(C)CC(CO)NC(=O)/C=C/c1ccccn1. The molecule has 0 fully saturated rings. The van der Waals surface area contributed by atoms with Crippen LogP contribution in [0.3, 0.4) is 0 Å². The highest BCUT2D eigenvalue weighted by molar-refractivity contribution is 5.91. The molecule has 1 amide bonds. The number of nitrogens with one attached hydrogen (secondary N) is 1. The molecule has 1 rings (SSSR count). The Labute approximate surface area is 108 Å². The molecule has 0 bridgehead atoms. The lowest BCUT2D eigenvalue weighted by atomic mass is 10.0. The van der Waals surface area contributed by atoms with Crippen LogP contribution in [0.5, 0.6) is 0 Å². The summed E-state index contributed by atoms with van der Waals surface area (Å²) in [7, 11) is 0. The van der Waals surface area contributed by atoms with E-state index >= 15 is 0 Å². The fraction of sp³-hybridized carbons (Fsp3) is 0.429. The van der Waals surface area contributed by atoms with Gasteiger partial charge in [0, 0.05) is 12.3 Å². The molecular formula is C14H20N2O2. The van der Waals surface area contributed by atoms with Crippen LogP contribution in [0.25, 0.3) is 6.08 Å². The van der Waals surface area contributed by atoms with Gasteiger partial charge in [-0.25, -0.2) is 0 Å². The largest absolute Gasteiger partial charge is 0.394 e. The Morgan fingerprint density at radius 3 is 2.83 bits per heavy atom. The van der Waals surface area contributed by atoms with Crippen molar-refractivity contribution in [2.75, 3.05) is 6.61 Å². The minimum absolute atomic E-state index is 0.0403. The van der Waals surface area contributed by atoms with E-state index in [2.05, 4.69) is 24.1 Å². The van der Waals surface area contributed by atoms with Crippen LogP contribution in [0.1, 0.15) is 26.0 Å². The zero-order valence-corrected chi connectivity index (χ0v) is 10.8. The van der Waals surface area contributed by atoms with E-state index in [1.807, 2.05) is 18.2 Å². The maximum absolute atomic E-state index is 11.6. The Kier molecular flexibility index (Phi) is 6.08. The van der Waals surface area contributed by atoms with Crippen molar-refractivity contribution in [1.82, 2.24) is 10.3 Å². The summed E-state index contributed by atoms with van der Waals surface area (Å²) in [6, 6.07) is 5.31. The van der Waals surface area contributed by atoms with Crippen LogP contribution in [-0.4, -0.2) is 28.6 Å². The van der Waals surface area contributed by atoms with Gasteiger partial charge in [-0.2, -0.15) is 0 Å². The number of aliphatic hydroxyl groups excluding tert-OH is 1. The minimum Gasteiger partial charge on any atom is -0.394 e. The van der Waals surface area contributed by atoms with Gasteiger partial charge in [0.1, 0.15) is 0 Å². The number of aliphatic hydroxyl groups is 1. The van der Waals surface area contributed by atoms with E-state index in [0.717, 1.165) is 12.1 Å². The first-order chi connectivity index (χ1) is 8.61. The number of pyridine rings is 1. The summed E-state index contributed by atoms with van der Waals surface area (Å²) in [5, 5.41) is 11.9. The summed E-state index contributed by atoms with van der Waals surface area (Å²) in [5.74, 6) is 0.225. The lowest BCUT2D eigenvalue weighted by Crippen LogP contribution is -2.37. The van der Waals surface area contributed by atoms with E-state index in [-0.39, 0.29) is 18.6 Å². The van der Waals surface area contributed by atoms with Gasteiger partial charge in [-0.3, -0.25) is 9.78 Å². The predicted octanol–water partition coefficient (Wildman–Crippen LogP) is 1.62. The van der Waals surface area contributed by atoms with Gasteiger partial charge < -0.3 is 10.4 Å². The zero-order chi connectivity index (χ0) is 13.4. The highest BCUT2D eigenvalue weighted by Gasteiger charge is 2.11. The number of rotatable bonds is 6. The van der Waals surface area contributed by atoms with Crippen LogP contribution in [0.15, 0.2) is 30.5 Å². The molecule has 4 nitrogen and oxygen atoms in total. The van der Waals surface area contributed by atoms with Crippen molar-refractivity contribution < 1.29 is 9.90 Å². The molecule has 18 heavy (non-hydrogen) atoms. The molecule has 98 valence electrons. The number of carbonyl (C=O) groups excluding carboxylic acids is 1. The molecule has 1 aromatic rings. The average Bonchev–Trinajstić information content (AvgIpc) is 2.36. The molecule has 0 aliphatic carbocycles. The third kappa shape index (κ3) is 5.59. The van der Waals surface area contributed by atoms with Crippen LogP contribution in [0, 0.1) is 5.92 Å². The molecule has 1 unspecified atom stereocenters. The molecular weight excluding hydrogens is 228 g/mol. The first-order valence-electron chi connectivity index (χ1n) is 6.12. The second-order valence-electron chi connectivity index (χ2n) is 4.61. The van der Waals surface area contributed by atoms with Crippen molar-refractivity contribution in [2.24, 2.45) is 5.92 Å². The third-order valence-corrected chi connectivity index (χ3v) is 2.42. The number of hydrogen-bond donors (Lipinski definition) is 2. The Morgan fingerprint density at radius 2 is 2.28 bits per heavy atom. The quantitative estimate of drug-likeness (QED) is 0.752. The number of aromatic nitrogens is 1. The number of carbonyl (C=O) groups is 1. The summed E-state index contributed by atoms with van der Waals surface area (Å²) in [5.41, 5.74) is 0.733. The highest BCUT2D eigenvalue weighted by atomic mass is 16.3. The van der Waals surface area contributed by atoms with Gasteiger partial charge in [0.25, 0.3) is 0 Å². The standard InChI is InChI=1S/C14H20N2O2/c1-11(2)9-13(10-17)16-14(18)7-6-12-5-3-4-8-15-12/h3-8,11,13,17H,9-10H2,1-2H3,(H,16,18)/b7-6+. The predicted molar refractivity (Wildman–Crippen MR) is 71.7 cm³/mol. The molecule has 0 radical (unpaired) electrons. The highest BCUT2D eigenvalue weighted by Crippen LogP contribution is 2.04. The van der Waals surface area contributed by atoms with E-state index in [9.17, 15) is 4.79 Å². The first-order valence-corrected chi connectivity index (χ1v) is 6.12. The van der Waals surface area contributed by atoms with Gasteiger partial charge in [-0.15, -0.1) is 0 Å². The van der Waals surface area contributed by atoms with E-state index in [0.29, 0.717) is 5.92 Å². The average molecular weight is 248 g/mol. The summed E-state index contributed by atoms with van der Waals surface area (Å²) in [4.78, 5) is 15.7. The minimum atomic E-state index is -0.208.